The van der Waals surface area contributed by atoms with Crippen molar-refractivity contribution in [3.05, 3.63) is 29.3 Å². The molecule has 1 aromatic carbocycles. The van der Waals surface area contributed by atoms with Gasteiger partial charge in [0.2, 0.25) is 0 Å². The van der Waals surface area contributed by atoms with Gasteiger partial charge in [0.05, 0.1) is 5.69 Å². The fourth-order valence-electron chi connectivity index (χ4n) is 3.78. The number of hydrogen-bond acceptors (Lipinski definition) is 2. The van der Waals surface area contributed by atoms with Crippen LogP contribution in [0.4, 0.5) is 10.5 Å². The first-order valence-electron chi connectivity index (χ1n) is 6.58. The molecule has 3 fully saturated rings. The van der Waals surface area contributed by atoms with E-state index in [1.165, 1.54) is 4.90 Å². The summed E-state index contributed by atoms with van der Waals surface area (Å²) in [5, 5.41) is 0.535. The van der Waals surface area contributed by atoms with E-state index in [-0.39, 0.29) is 24.0 Å². The van der Waals surface area contributed by atoms with Crippen molar-refractivity contribution in [1.29, 1.82) is 0 Å². The van der Waals surface area contributed by atoms with Crippen molar-refractivity contribution in [3.63, 3.8) is 0 Å². The Morgan fingerprint density at radius 3 is 2.79 bits per heavy atom. The molecule has 3 atom stereocenters. The molecule has 1 unspecified atom stereocenters. The second-order valence-corrected chi connectivity index (χ2v) is 5.95. The molecule has 1 aromatic rings. The minimum atomic E-state index is -0.231. The molecule has 0 N–H and O–H groups in total. The van der Waals surface area contributed by atoms with Gasteiger partial charge >= 0.3 is 6.03 Å². The Labute approximate surface area is 115 Å². The smallest absolute Gasteiger partial charge is 0.309 e. The zero-order valence-electron chi connectivity index (χ0n) is 10.3. The summed E-state index contributed by atoms with van der Waals surface area (Å²) in [6.45, 7) is 0. The van der Waals surface area contributed by atoms with Crippen LogP contribution < -0.4 is 4.90 Å². The quantitative estimate of drug-likeness (QED) is 0.740. The van der Waals surface area contributed by atoms with E-state index in [0.29, 0.717) is 16.6 Å². The number of anilines is 1. The van der Waals surface area contributed by atoms with E-state index in [1.54, 1.807) is 29.2 Å². The molecule has 19 heavy (non-hydrogen) atoms. The highest BCUT2D eigenvalue weighted by molar-refractivity contribution is 6.31. The number of carbonyl (C=O) groups is 2. The van der Waals surface area contributed by atoms with Crippen molar-refractivity contribution in [2.75, 3.05) is 4.90 Å². The normalized spacial score (nSPS) is 32.4. The first-order valence-corrected chi connectivity index (χ1v) is 6.96. The van der Waals surface area contributed by atoms with E-state index in [1.807, 2.05) is 0 Å². The van der Waals surface area contributed by atoms with Crippen molar-refractivity contribution in [2.24, 2.45) is 5.92 Å². The number of benzene rings is 1. The summed E-state index contributed by atoms with van der Waals surface area (Å²) in [5.74, 6) is 0.269. The molecule has 3 amide bonds. The molecule has 4 nitrogen and oxygen atoms in total. The molecular weight excluding hydrogens is 264 g/mol. The van der Waals surface area contributed by atoms with Gasteiger partial charge in [-0.1, -0.05) is 17.7 Å². The highest BCUT2D eigenvalue weighted by atomic mass is 35.5. The summed E-state index contributed by atoms with van der Waals surface area (Å²) in [7, 11) is 0. The topological polar surface area (TPSA) is 40.6 Å². The number of carbonyl (C=O) groups excluding carboxylic acids is 2. The summed E-state index contributed by atoms with van der Waals surface area (Å²) in [6.07, 6.45) is 3.09. The third-order valence-corrected chi connectivity index (χ3v) is 4.77. The van der Waals surface area contributed by atoms with Gasteiger partial charge in [-0.2, -0.15) is 0 Å². The van der Waals surface area contributed by atoms with Crippen molar-refractivity contribution in [1.82, 2.24) is 4.90 Å². The number of fused-ring (bicyclic) bond motifs is 5. The largest absolute Gasteiger partial charge is 0.332 e. The molecule has 3 aliphatic rings. The first-order chi connectivity index (χ1) is 9.16. The van der Waals surface area contributed by atoms with Gasteiger partial charge in [0.15, 0.2) is 0 Å². The molecular formula is C14H13ClN2O2. The molecule has 2 aliphatic heterocycles. The maximum absolute atomic E-state index is 12.5. The number of imide groups is 1. The van der Waals surface area contributed by atoms with E-state index >= 15 is 0 Å². The number of amides is 3. The van der Waals surface area contributed by atoms with Gasteiger partial charge in [0.1, 0.15) is 6.04 Å². The molecule has 1 aliphatic carbocycles. The van der Waals surface area contributed by atoms with Crippen molar-refractivity contribution < 1.29 is 9.59 Å². The Balaban J connectivity index is 1.75. The third-order valence-electron chi connectivity index (χ3n) is 4.54. The number of hydrogen-bond donors (Lipinski definition) is 0. The van der Waals surface area contributed by atoms with Gasteiger partial charge in [-0.3, -0.25) is 4.79 Å². The van der Waals surface area contributed by atoms with Crippen molar-refractivity contribution >= 4 is 29.2 Å². The van der Waals surface area contributed by atoms with Gasteiger partial charge in [-0.05, 0) is 43.4 Å². The average molecular weight is 277 g/mol. The van der Waals surface area contributed by atoms with Crippen molar-refractivity contribution in [3.8, 4) is 0 Å². The fourth-order valence-corrected chi connectivity index (χ4v) is 3.96. The van der Waals surface area contributed by atoms with Crippen LogP contribution in [0.5, 0.6) is 0 Å². The maximum Gasteiger partial charge on any atom is 0.332 e. The average Bonchev–Trinajstić information content (AvgIpc) is 3.04. The van der Waals surface area contributed by atoms with Crippen LogP contribution in [0.1, 0.15) is 19.3 Å². The van der Waals surface area contributed by atoms with Gasteiger partial charge in [0.25, 0.3) is 5.91 Å². The number of rotatable bonds is 1. The Morgan fingerprint density at radius 1 is 1.21 bits per heavy atom. The number of piperidine rings is 1. The van der Waals surface area contributed by atoms with E-state index in [4.69, 9.17) is 11.6 Å². The SMILES string of the molecule is O=C1C2[C@H]3CC[C@H](C3)N2C(=O)N1c1cccc(Cl)c1. The standard InChI is InChI=1S/C14H13ClN2O2/c15-9-2-1-3-10(7-9)17-13(18)12-8-4-5-11(6-8)16(12)14(17)19/h1-3,7-8,11-12H,4-6H2/t8-,11+,12?/m0/s1. The molecule has 2 heterocycles. The zero-order chi connectivity index (χ0) is 13.1. The molecule has 2 bridgehead atoms. The van der Waals surface area contributed by atoms with Crippen LogP contribution in [0.2, 0.25) is 5.02 Å². The highest BCUT2D eigenvalue weighted by Gasteiger charge is 2.59. The Kier molecular flexibility index (Phi) is 2.22. The molecule has 0 aromatic heterocycles. The number of urea groups is 1. The summed E-state index contributed by atoms with van der Waals surface area (Å²) in [6, 6.07) is 6.77. The molecule has 4 rings (SSSR count). The molecule has 5 heteroatoms. The fraction of sp³-hybridized carbons (Fsp3) is 0.429. The third kappa shape index (κ3) is 1.40. The van der Waals surface area contributed by atoms with Gasteiger partial charge in [-0.25, -0.2) is 9.69 Å². The molecule has 98 valence electrons. The monoisotopic (exact) mass is 276 g/mol. The predicted molar refractivity (Wildman–Crippen MR) is 71.1 cm³/mol. The first kappa shape index (κ1) is 11.3. The zero-order valence-corrected chi connectivity index (χ0v) is 11.0. The Bertz CT molecular complexity index is 561. The maximum atomic E-state index is 12.5. The minimum absolute atomic E-state index is 0.0838. The molecule has 0 spiro atoms. The Hall–Kier alpha value is -1.55. The Morgan fingerprint density at radius 2 is 2.05 bits per heavy atom. The van der Waals surface area contributed by atoms with Gasteiger partial charge in [0, 0.05) is 11.1 Å². The van der Waals surface area contributed by atoms with Gasteiger partial charge < -0.3 is 4.90 Å². The highest BCUT2D eigenvalue weighted by Crippen LogP contribution is 2.47. The number of halogens is 1. The van der Waals surface area contributed by atoms with Crippen LogP contribution in [0.15, 0.2) is 24.3 Å². The van der Waals surface area contributed by atoms with Crippen LogP contribution in [0, 0.1) is 5.92 Å². The lowest BCUT2D eigenvalue weighted by Gasteiger charge is -2.25. The second kappa shape index (κ2) is 3.73. The summed E-state index contributed by atoms with van der Waals surface area (Å²) >= 11 is 5.95. The lowest BCUT2D eigenvalue weighted by molar-refractivity contribution is -0.120. The lowest BCUT2D eigenvalue weighted by Crippen LogP contribution is -2.40. The van der Waals surface area contributed by atoms with Crippen LogP contribution in [-0.2, 0) is 4.79 Å². The van der Waals surface area contributed by atoms with Crippen LogP contribution in [0.3, 0.4) is 0 Å². The summed E-state index contributed by atoms with van der Waals surface area (Å²) in [5.41, 5.74) is 0.580. The lowest BCUT2D eigenvalue weighted by atomic mass is 9.99. The minimum Gasteiger partial charge on any atom is -0.309 e. The van der Waals surface area contributed by atoms with Crippen molar-refractivity contribution in [2.45, 2.75) is 31.3 Å². The van der Waals surface area contributed by atoms with E-state index in [2.05, 4.69) is 0 Å². The van der Waals surface area contributed by atoms with E-state index < -0.39 is 0 Å². The molecule has 1 saturated carbocycles. The van der Waals surface area contributed by atoms with Gasteiger partial charge in [-0.15, -0.1) is 0 Å². The molecule has 2 saturated heterocycles. The van der Waals surface area contributed by atoms with Crippen LogP contribution in [0.25, 0.3) is 0 Å². The number of nitrogens with zero attached hydrogens (tertiary/aromatic N) is 2. The summed E-state index contributed by atoms with van der Waals surface area (Å²) < 4.78 is 0. The van der Waals surface area contributed by atoms with Crippen LogP contribution >= 0.6 is 11.6 Å². The molecule has 0 radical (unpaired) electrons. The van der Waals surface area contributed by atoms with Crippen LogP contribution in [-0.4, -0.2) is 28.9 Å². The summed E-state index contributed by atoms with van der Waals surface area (Å²) in [4.78, 5) is 28.1. The predicted octanol–water partition coefficient (Wildman–Crippen LogP) is 2.66. The second-order valence-electron chi connectivity index (χ2n) is 5.52. The van der Waals surface area contributed by atoms with E-state index in [0.717, 1.165) is 19.3 Å². The van der Waals surface area contributed by atoms with E-state index in [9.17, 15) is 9.59 Å².